The molecule has 1 atom stereocenters. The summed E-state index contributed by atoms with van der Waals surface area (Å²) in [5.74, 6) is 1.42. The summed E-state index contributed by atoms with van der Waals surface area (Å²) in [7, 11) is 1.71. The molecule has 0 radical (unpaired) electrons. The van der Waals surface area contributed by atoms with Gasteiger partial charge >= 0.3 is 0 Å². The van der Waals surface area contributed by atoms with E-state index >= 15 is 0 Å². The van der Waals surface area contributed by atoms with Crippen molar-refractivity contribution < 1.29 is 9.53 Å². The van der Waals surface area contributed by atoms with E-state index in [2.05, 4.69) is 43.1 Å². The molecular formula is C19H28N2O2. The van der Waals surface area contributed by atoms with Gasteiger partial charge in [0.05, 0.1) is 12.5 Å². The first-order chi connectivity index (χ1) is 10.9. The van der Waals surface area contributed by atoms with Crippen LogP contribution in [-0.4, -0.2) is 43.1 Å². The Bertz CT molecular complexity index is 585. The average molecular weight is 316 g/mol. The van der Waals surface area contributed by atoms with Crippen LogP contribution in [0.25, 0.3) is 0 Å². The van der Waals surface area contributed by atoms with Crippen molar-refractivity contribution in [3.8, 4) is 5.75 Å². The van der Waals surface area contributed by atoms with E-state index in [4.69, 9.17) is 4.74 Å². The molecule has 1 spiro atoms. The first-order valence-corrected chi connectivity index (χ1v) is 8.56. The molecule has 4 heteroatoms. The minimum atomic E-state index is -0.285. The summed E-state index contributed by atoms with van der Waals surface area (Å²) in [5, 5.41) is 3.41. The highest BCUT2D eigenvalue weighted by molar-refractivity contribution is 5.87. The van der Waals surface area contributed by atoms with Crippen LogP contribution in [0, 0.1) is 5.41 Å². The van der Waals surface area contributed by atoms with Crippen molar-refractivity contribution in [3.63, 3.8) is 0 Å². The van der Waals surface area contributed by atoms with Gasteiger partial charge in [-0.1, -0.05) is 18.2 Å². The highest BCUT2D eigenvalue weighted by atomic mass is 16.5. The number of rotatable bonds is 2. The van der Waals surface area contributed by atoms with Gasteiger partial charge in [-0.3, -0.25) is 4.79 Å². The number of nitrogens with one attached hydrogen (secondary N) is 1. The van der Waals surface area contributed by atoms with E-state index in [1.54, 1.807) is 7.11 Å². The molecule has 2 fully saturated rings. The Kier molecular flexibility index (Phi) is 4.13. The quantitative estimate of drug-likeness (QED) is 0.912. The Morgan fingerprint density at radius 1 is 1.22 bits per heavy atom. The van der Waals surface area contributed by atoms with Crippen LogP contribution in [-0.2, 0) is 4.79 Å². The molecule has 0 saturated carbocycles. The predicted octanol–water partition coefficient (Wildman–Crippen LogP) is 2.79. The maximum Gasteiger partial charge on any atom is 0.230 e. The molecule has 1 N–H and O–H groups in total. The van der Waals surface area contributed by atoms with E-state index in [0.717, 1.165) is 38.2 Å². The van der Waals surface area contributed by atoms with Crippen LogP contribution in [0.1, 0.15) is 45.1 Å². The zero-order chi connectivity index (χ0) is 16.7. The van der Waals surface area contributed by atoms with Gasteiger partial charge < -0.3 is 15.0 Å². The number of para-hydroxylation sites is 1. The maximum atomic E-state index is 13.4. The smallest absolute Gasteiger partial charge is 0.230 e. The minimum Gasteiger partial charge on any atom is -0.496 e. The Hall–Kier alpha value is -1.55. The summed E-state index contributed by atoms with van der Waals surface area (Å²) in [4.78, 5) is 15.4. The normalized spacial score (nSPS) is 24.3. The fourth-order valence-corrected chi connectivity index (χ4v) is 4.22. The topological polar surface area (TPSA) is 41.6 Å². The maximum absolute atomic E-state index is 13.4. The van der Waals surface area contributed by atoms with Crippen molar-refractivity contribution in [2.45, 2.75) is 45.1 Å². The number of hydrogen-bond acceptors (Lipinski definition) is 3. The largest absolute Gasteiger partial charge is 0.496 e. The van der Waals surface area contributed by atoms with Gasteiger partial charge in [0.15, 0.2) is 0 Å². The number of methoxy groups -OCH3 is 1. The first kappa shape index (κ1) is 16.3. The lowest BCUT2D eigenvalue weighted by atomic mass is 9.68. The fraction of sp³-hybridized carbons (Fsp3) is 0.632. The van der Waals surface area contributed by atoms with Crippen LogP contribution in [0.5, 0.6) is 5.75 Å². The molecule has 0 aromatic heterocycles. The van der Waals surface area contributed by atoms with Crippen LogP contribution < -0.4 is 10.1 Å². The molecule has 3 rings (SSSR count). The molecule has 1 aromatic rings. The SMILES string of the molecule is COc1ccccc1[C@@H]1CN(C(C)(C)C)C(=O)C12CCNCC2. The molecular weight excluding hydrogens is 288 g/mol. The van der Waals surface area contributed by atoms with E-state index in [9.17, 15) is 4.79 Å². The zero-order valence-corrected chi connectivity index (χ0v) is 14.7. The monoisotopic (exact) mass is 316 g/mol. The second-order valence-corrected chi connectivity index (χ2v) is 7.79. The van der Waals surface area contributed by atoms with Crippen molar-refractivity contribution in [1.29, 1.82) is 0 Å². The van der Waals surface area contributed by atoms with E-state index in [1.807, 2.05) is 12.1 Å². The highest BCUT2D eigenvalue weighted by Gasteiger charge is 2.56. The molecule has 2 aliphatic rings. The Morgan fingerprint density at radius 2 is 1.87 bits per heavy atom. The Labute approximate surface area is 139 Å². The third kappa shape index (κ3) is 2.63. The van der Waals surface area contributed by atoms with Gasteiger partial charge in [-0.2, -0.15) is 0 Å². The lowest BCUT2D eigenvalue weighted by Crippen LogP contribution is -2.48. The van der Waals surface area contributed by atoms with Crippen LogP contribution in [0.2, 0.25) is 0 Å². The van der Waals surface area contributed by atoms with E-state index in [1.165, 1.54) is 5.56 Å². The Balaban J connectivity index is 2.07. The van der Waals surface area contributed by atoms with E-state index < -0.39 is 0 Å². The molecule has 4 nitrogen and oxygen atoms in total. The third-order valence-electron chi connectivity index (χ3n) is 5.52. The molecule has 0 bridgehead atoms. The van der Waals surface area contributed by atoms with Gasteiger partial charge in [-0.15, -0.1) is 0 Å². The minimum absolute atomic E-state index is 0.147. The standard InChI is InChI=1S/C19H28N2O2/c1-18(2,3)21-13-15(14-7-5-6-8-16(14)23-4)19(17(21)22)9-11-20-12-10-19/h5-8,15,20H,9-13H2,1-4H3/t15-/m0/s1. The Morgan fingerprint density at radius 3 is 2.48 bits per heavy atom. The number of nitrogens with zero attached hydrogens (tertiary/aromatic N) is 1. The first-order valence-electron chi connectivity index (χ1n) is 8.56. The van der Waals surface area contributed by atoms with Crippen LogP contribution >= 0.6 is 0 Å². The van der Waals surface area contributed by atoms with Crippen molar-refractivity contribution in [2.75, 3.05) is 26.7 Å². The van der Waals surface area contributed by atoms with Crippen LogP contribution in [0.4, 0.5) is 0 Å². The highest BCUT2D eigenvalue weighted by Crippen LogP contribution is 2.52. The number of piperidine rings is 1. The van der Waals surface area contributed by atoms with Crippen molar-refractivity contribution >= 4 is 5.91 Å². The number of amides is 1. The molecule has 23 heavy (non-hydrogen) atoms. The second kappa shape index (κ2) is 5.82. The third-order valence-corrected chi connectivity index (χ3v) is 5.52. The van der Waals surface area contributed by atoms with E-state index in [0.29, 0.717) is 5.91 Å². The van der Waals surface area contributed by atoms with Gasteiger partial charge in [0, 0.05) is 23.6 Å². The van der Waals surface area contributed by atoms with Crippen molar-refractivity contribution in [3.05, 3.63) is 29.8 Å². The molecule has 0 aliphatic carbocycles. The summed E-state index contributed by atoms with van der Waals surface area (Å²) >= 11 is 0. The summed E-state index contributed by atoms with van der Waals surface area (Å²) in [5.41, 5.74) is 0.746. The zero-order valence-electron chi connectivity index (χ0n) is 14.7. The summed E-state index contributed by atoms with van der Waals surface area (Å²) in [6.07, 6.45) is 1.81. The number of hydrogen-bond donors (Lipinski definition) is 1. The van der Waals surface area contributed by atoms with Gasteiger partial charge in [0.2, 0.25) is 5.91 Å². The molecule has 2 heterocycles. The number of carbonyl (C=O) groups is 1. The van der Waals surface area contributed by atoms with Gasteiger partial charge in [-0.25, -0.2) is 0 Å². The van der Waals surface area contributed by atoms with Crippen LogP contribution in [0.3, 0.4) is 0 Å². The van der Waals surface area contributed by atoms with Crippen molar-refractivity contribution in [1.82, 2.24) is 10.2 Å². The van der Waals surface area contributed by atoms with Crippen LogP contribution in [0.15, 0.2) is 24.3 Å². The molecule has 1 aromatic carbocycles. The number of likely N-dealkylation sites (tertiary alicyclic amines) is 1. The second-order valence-electron chi connectivity index (χ2n) is 7.79. The molecule has 2 aliphatic heterocycles. The number of carbonyl (C=O) groups excluding carboxylic acids is 1. The molecule has 126 valence electrons. The summed E-state index contributed by atoms with van der Waals surface area (Å²) in [6.45, 7) is 8.99. The predicted molar refractivity (Wildman–Crippen MR) is 91.7 cm³/mol. The summed E-state index contributed by atoms with van der Waals surface area (Å²) in [6, 6.07) is 8.19. The van der Waals surface area contributed by atoms with Gasteiger partial charge in [0.25, 0.3) is 0 Å². The molecule has 1 amide bonds. The molecule has 2 saturated heterocycles. The number of ether oxygens (including phenoxy) is 1. The van der Waals surface area contributed by atoms with Gasteiger partial charge in [0.1, 0.15) is 5.75 Å². The summed E-state index contributed by atoms with van der Waals surface area (Å²) < 4.78 is 5.60. The average Bonchev–Trinajstić information content (AvgIpc) is 2.81. The van der Waals surface area contributed by atoms with Crippen molar-refractivity contribution in [2.24, 2.45) is 5.41 Å². The lowest BCUT2D eigenvalue weighted by Gasteiger charge is -2.38. The van der Waals surface area contributed by atoms with E-state index in [-0.39, 0.29) is 16.9 Å². The van der Waals surface area contributed by atoms with Gasteiger partial charge in [-0.05, 0) is 52.8 Å². The fourth-order valence-electron chi connectivity index (χ4n) is 4.22. The molecule has 0 unspecified atom stereocenters. The lowest BCUT2D eigenvalue weighted by molar-refractivity contribution is -0.141. The number of benzene rings is 1.